The fourth-order valence-electron chi connectivity index (χ4n) is 1.57. The van der Waals surface area contributed by atoms with Gasteiger partial charge in [-0.15, -0.1) is 0 Å². The summed E-state index contributed by atoms with van der Waals surface area (Å²) in [5, 5.41) is 28.6. The maximum absolute atomic E-state index is 9.85. The lowest BCUT2D eigenvalue weighted by molar-refractivity contribution is 0.128. The Bertz CT molecular complexity index is 371. The zero-order chi connectivity index (χ0) is 11.1. The zero-order valence-corrected chi connectivity index (χ0v) is 8.47. The van der Waals surface area contributed by atoms with E-state index in [9.17, 15) is 15.3 Å². The van der Waals surface area contributed by atoms with Gasteiger partial charge in [0.2, 0.25) is 0 Å². The second kappa shape index (κ2) is 3.40. The molecule has 4 nitrogen and oxygen atoms in total. The maximum atomic E-state index is 9.85. The van der Waals surface area contributed by atoms with Gasteiger partial charge in [-0.2, -0.15) is 0 Å². The van der Waals surface area contributed by atoms with Crippen LogP contribution in [0.3, 0.4) is 0 Å². The molecule has 0 aromatic heterocycles. The van der Waals surface area contributed by atoms with E-state index in [1.165, 1.54) is 18.2 Å². The Labute approximate surface area is 87.7 Å². The summed E-state index contributed by atoms with van der Waals surface area (Å²) in [6.45, 7) is 2.53. The fourth-order valence-corrected chi connectivity index (χ4v) is 1.57. The molecule has 1 fully saturated rings. The maximum Gasteiger partial charge on any atom is 0.121 e. The third-order valence-corrected chi connectivity index (χ3v) is 2.63. The molecule has 2 atom stereocenters. The van der Waals surface area contributed by atoms with Gasteiger partial charge in [0.25, 0.3) is 0 Å². The number of ether oxygens (including phenoxy) is 1. The summed E-state index contributed by atoms with van der Waals surface area (Å²) in [6, 6.07) is 4.11. The van der Waals surface area contributed by atoms with Gasteiger partial charge in [-0.25, -0.2) is 0 Å². The lowest BCUT2D eigenvalue weighted by Crippen LogP contribution is -2.11. The Morgan fingerprint density at radius 3 is 2.73 bits per heavy atom. The van der Waals surface area contributed by atoms with Crippen LogP contribution in [-0.2, 0) is 4.74 Å². The van der Waals surface area contributed by atoms with E-state index >= 15 is 0 Å². The van der Waals surface area contributed by atoms with E-state index < -0.39 is 6.10 Å². The molecule has 2 unspecified atom stereocenters. The number of aliphatic hydroxyl groups excluding tert-OH is 1. The Kier molecular flexibility index (Phi) is 2.32. The van der Waals surface area contributed by atoms with Crippen LogP contribution >= 0.6 is 0 Å². The lowest BCUT2D eigenvalue weighted by atomic mass is 9.98. The van der Waals surface area contributed by atoms with Crippen molar-refractivity contribution in [2.24, 2.45) is 0 Å². The summed E-state index contributed by atoms with van der Waals surface area (Å²) in [7, 11) is 0. The number of hydrogen-bond donors (Lipinski definition) is 3. The first-order valence-corrected chi connectivity index (χ1v) is 4.84. The van der Waals surface area contributed by atoms with E-state index in [-0.39, 0.29) is 17.1 Å². The number of aliphatic hydroxyl groups is 1. The Morgan fingerprint density at radius 1 is 1.47 bits per heavy atom. The van der Waals surface area contributed by atoms with Crippen LogP contribution in [0.4, 0.5) is 0 Å². The highest BCUT2D eigenvalue weighted by Crippen LogP contribution is 2.38. The predicted molar refractivity (Wildman–Crippen MR) is 53.7 cm³/mol. The van der Waals surface area contributed by atoms with E-state index in [0.29, 0.717) is 18.6 Å². The molecule has 0 aliphatic carbocycles. The third-order valence-electron chi connectivity index (χ3n) is 2.63. The highest BCUT2D eigenvalue weighted by Gasteiger charge is 2.41. The van der Waals surface area contributed by atoms with Crippen LogP contribution in [0.15, 0.2) is 18.2 Å². The van der Waals surface area contributed by atoms with Gasteiger partial charge in [-0.1, -0.05) is 0 Å². The number of rotatable bonds is 3. The SMILES string of the molecule is CC1(CC(O)c2cc(O)ccc2O)CO1. The molecule has 3 N–H and O–H groups in total. The number of phenolic OH excluding ortho intramolecular Hbond substituents is 2. The van der Waals surface area contributed by atoms with E-state index in [1.54, 1.807) is 0 Å². The number of phenols is 2. The molecule has 2 rings (SSSR count). The smallest absolute Gasteiger partial charge is 0.121 e. The van der Waals surface area contributed by atoms with E-state index in [1.807, 2.05) is 6.92 Å². The van der Waals surface area contributed by atoms with Crippen molar-refractivity contribution >= 4 is 0 Å². The molecule has 1 heterocycles. The summed E-state index contributed by atoms with van der Waals surface area (Å²) in [5.74, 6) is 0.0215. The van der Waals surface area contributed by atoms with Crippen molar-refractivity contribution in [2.75, 3.05) is 6.61 Å². The van der Waals surface area contributed by atoms with Crippen LogP contribution in [-0.4, -0.2) is 27.5 Å². The summed E-state index contributed by atoms with van der Waals surface area (Å²) in [6.07, 6.45) is -0.395. The first-order valence-electron chi connectivity index (χ1n) is 4.84. The van der Waals surface area contributed by atoms with Crippen molar-refractivity contribution in [3.63, 3.8) is 0 Å². The van der Waals surface area contributed by atoms with Crippen LogP contribution in [0.2, 0.25) is 0 Å². The Hall–Kier alpha value is -1.26. The van der Waals surface area contributed by atoms with Gasteiger partial charge in [-0.05, 0) is 25.1 Å². The molecule has 15 heavy (non-hydrogen) atoms. The quantitative estimate of drug-likeness (QED) is 0.519. The van der Waals surface area contributed by atoms with Crippen molar-refractivity contribution in [3.8, 4) is 11.5 Å². The molecule has 0 spiro atoms. The van der Waals surface area contributed by atoms with E-state index in [2.05, 4.69) is 0 Å². The van der Waals surface area contributed by atoms with Gasteiger partial charge in [-0.3, -0.25) is 0 Å². The van der Waals surface area contributed by atoms with Gasteiger partial charge >= 0.3 is 0 Å². The van der Waals surface area contributed by atoms with Crippen LogP contribution in [0, 0.1) is 0 Å². The summed E-state index contributed by atoms with van der Waals surface area (Å²) in [4.78, 5) is 0. The highest BCUT2D eigenvalue weighted by molar-refractivity contribution is 5.40. The molecular formula is C11H14O4. The summed E-state index contributed by atoms with van der Waals surface area (Å²) >= 11 is 0. The van der Waals surface area contributed by atoms with E-state index in [0.717, 1.165) is 0 Å². The molecule has 0 radical (unpaired) electrons. The summed E-state index contributed by atoms with van der Waals surface area (Å²) in [5.41, 5.74) is 0.0591. The molecule has 4 heteroatoms. The molecule has 1 aliphatic heterocycles. The van der Waals surface area contributed by atoms with Crippen LogP contribution in [0.5, 0.6) is 11.5 Å². The van der Waals surface area contributed by atoms with Crippen molar-refractivity contribution < 1.29 is 20.1 Å². The zero-order valence-electron chi connectivity index (χ0n) is 8.47. The second-order valence-corrected chi connectivity index (χ2v) is 4.20. The molecule has 1 aromatic carbocycles. The van der Waals surface area contributed by atoms with Crippen LogP contribution in [0.25, 0.3) is 0 Å². The molecule has 1 saturated heterocycles. The highest BCUT2D eigenvalue weighted by atomic mass is 16.6. The second-order valence-electron chi connectivity index (χ2n) is 4.20. The summed E-state index contributed by atoms with van der Waals surface area (Å²) < 4.78 is 5.15. The molecule has 0 saturated carbocycles. The minimum atomic E-state index is -0.815. The molecule has 82 valence electrons. The molecule has 0 bridgehead atoms. The van der Waals surface area contributed by atoms with Gasteiger partial charge in [0.05, 0.1) is 18.3 Å². The molecular weight excluding hydrogens is 196 g/mol. The monoisotopic (exact) mass is 210 g/mol. The normalized spacial score (nSPS) is 26.3. The minimum Gasteiger partial charge on any atom is -0.508 e. The number of hydrogen-bond acceptors (Lipinski definition) is 4. The Balaban J connectivity index is 2.16. The third kappa shape index (κ3) is 2.22. The predicted octanol–water partition coefficient (Wildman–Crippen LogP) is 1.31. The van der Waals surface area contributed by atoms with Gasteiger partial charge in [0.1, 0.15) is 11.5 Å². The topological polar surface area (TPSA) is 73.2 Å². The first kappa shape index (κ1) is 10.3. The van der Waals surface area contributed by atoms with Crippen molar-refractivity contribution in [3.05, 3.63) is 23.8 Å². The average Bonchev–Trinajstić information content (AvgIpc) is 2.87. The van der Waals surface area contributed by atoms with Crippen molar-refractivity contribution in [1.82, 2.24) is 0 Å². The number of aromatic hydroxyl groups is 2. The number of benzene rings is 1. The fraction of sp³-hybridized carbons (Fsp3) is 0.455. The lowest BCUT2D eigenvalue weighted by Gasteiger charge is -2.14. The van der Waals surface area contributed by atoms with Crippen LogP contribution < -0.4 is 0 Å². The van der Waals surface area contributed by atoms with E-state index in [4.69, 9.17) is 4.74 Å². The minimum absolute atomic E-state index is 0.00968. The largest absolute Gasteiger partial charge is 0.508 e. The molecule has 0 amide bonds. The molecule has 1 aromatic rings. The molecule has 1 aliphatic rings. The van der Waals surface area contributed by atoms with Gasteiger partial charge < -0.3 is 20.1 Å². The standard InChI is InChI=1S/C11H14O4/c1-11(6-15-11)5-10(14)8-4-7(12)2-3-9(8)13/h2-4,10,12-14H,5-6H2,1H3. The van der Waals surface area contributed by atoms with Gasteiger partial charge in [0, 0.05) is 12.0 Å². The Morgan fingerprint density at radius 2 is 2.13 bits per heavy atom. The van der Waals surface area contributed by atoms with Crippen molar-refractivity contribution in [1.29, 1.82) is 0 Å². The van der Waals surface area contributed by atoms with Crippen LogP contribution in [0.1, 0.15) is 25.0 Å². The average molecular weight is 210 g/mol. The number of epoxide rings is 1. The first-order chi connectivity index (χ1) is 7.00. The van der Waals surface area contributed by atoms with Crippen molar-refractivity contribution in [2.45, 2.75) is 25.0 Å². The van der Waals surface area contributed by atoms with Gasteiger partial charge in [0.15, 0.2) is 0 Å².